The van der Waals surface area contributed by atoms with Gasteiger partial charge in [0.2, 0.25) is 0 Å². The summed E-state index contributed by atoms with van der Waals surface area (Å²) < 4.78 is 1.22. The maximum atomic E-state index is 10.2. The summed E-state index contributed by atoms with van der Waals surface area (Å²) in [6.45, 7) is 4.18. The SMILES string of the molecule is Cc1ccc(C)c(CC(O)c2csc(I)c2)c1. The molecular formula is C14H15IOS. The number of aryl methyl sites for hydroxylation is 2. The summed E-state index contributed by atoms with van der Waals surface area (Å²) in [5.41, 5.74) is 4.76. The first-order chi connectivity index (χ1) is 8.06. The maximum absolute atomic E-state index is 10.2. The molecule has 0 spiro atoms. The minimum Gasteiger partial charge on any atom is -0.388 e. The third-order valence-electron chi connectivity index (χ3n) is 2.89. The minimum atomic E-state index is -0.393. The molecule has 1 unspecified atom stereocenters. The Morgan fingerprint density at radius 1 is 1.29 bits per heavy atom. The molecule has 1 heterocycles. The van der Waals surface area contributed by atoms with Crippen molar-refractivity contribution >= 4 is 33.9 Å². The van der Waals surface area contributed by atoms with Gasteiger partial charge in [0.1, 0.15) is 0 Å². The average Bonchev–Trinajstić information content (AvgIpc) is 2.70. The van der Waals surface area contributed by atoms with Crippen molar-refractivity contribution in [1.82, 2.24) is 0 Å². The van der Waals surface area contributed by atoms with Crippen molar-refractivity contribution in [3.63, 3.8) is 0 Å². The molecule has 1 atom stereocenters. The van der Waals surface area contributed by atoms with E-state index in [2.05, 4.69) is 60.7 Å². The molecule has 90 valence electrons. The predicted octanol–water partition coefficient (Wildman–Crippen LogP) is 4.25. The number of aliphatic hydroxyl groups excluding tert-OH is 1. The minimum absolute atomic E-state index is 0.393. The van der Waals surface area contributed by atoms with Gasteiger partial charge in [-0.15, -0.1) is 11.3 Å². The highest BCUT2D eigenvalue weighted by molar-refractivity contribution is 14.1. The number of benzene rings is 1. The van der Waals surface area contributed by atoms with Gasteiger partial charge in [0.25, 0.3) is 0 Å². The van der Waals surface area contributed by atoms with E-state index in [9.17, 15) is 5.11 Å². The van der Waals surface area contributed by atoms with E-state index in [1.54, 1.807) is 11.3 Å². The Morgan fingerprint density at radius 2 is 2.06 bits per heavy atom. The van der Waals surface area contributed by atoms with E-state index in [0.29, 0.717) is 6.42 Å². The summed E-state index contributed by atoms with van der Waals surface area (Å²) in [5.74, 6) is 0. The molecule has 1 N–H and O–H groups in total. The fourth-order valence-corrected chi connectivity index (χ4v) is 3.26. The van der Waals surface area contributed by atoms with Crippen LogP contribution in [-0.2, 0) is 6.42 Å². The van der Waals surface area contributed by atoms with Crippen LogP contribution in [-0.4, -0.2) is 5.11 Å². The van der Waals surface area contributed by atoms with E-state index in [1.807, 2.05) is 5.38 Å². The lowest BCUT2D eigenvalue weighted by Gasteiger charge is -2.12. The van der Waals surface area contributed by atoms with Crippen molar-refractivity contribution < 1.29 is 5.11 Å². The van der Waals surface area contributed by atoms with Crippen LogP contribution in [0.3, 0.4) is 0 Å². The molecule has 0 amide bonds. The fraction of sp³-hybridized carbons (Fsp3) is 0.286. The van der Waals surface area contributed by atoms with Gasteiger partial charge in [-0.05, 0) is 64.6 Å². The molecule has 2 rings (SSSR count). The van der Waals surface area contributed by atoms with Crippen LogP contribution in [0.15, 0.2) is 29.6 Å². The first-order valence-corrected chi connectivity index (χ1v) is 7.50. The highest BCUT2D eigenvalue weighted by Crippen LogP contribution is 2.26. The van der Waals surface area contributed by atoms with Crippen LogP contribution < -0.4 is 0 Å². The standard InChI is InChI=1S/C14H15IOS/c1-9-3-4-10(2)11(5-9)6-13(16)12-7-14(15)17-8-12/h3-5,7-8,13,16H,6H2,1-2H3. The number of aliphatic hydroxyl groups is 1. The van der Waals surface area contributed by atoms with Crippen LogP contribution in [0.5, 0.6) is 0 Å². The Balaban J connectivity index is 2.18. The molecule has 0 bridgehead atoms. The third kappa shape index (κ3) is 3.30. The Bertz CT molecular complexity index is 519. The highest BCUT2D eigenvalue weighted by atomic mass is 127. The zero-order valence-electron chi connectivity index (χ0n) is 9.90. The Labute approximate surface area is 120 Å². The van der Waals surface area contributed by atoms with Gasteiger partial charge >= 0.3 is 0 Å². The second-order valence-electron chi connectivity index (χ2n) is 4.33. The number of hydrogen-bond donors (Lipinski definition) is 1. The van der Waals surface area contributed by atoms with Crippen LogP contribution in [0.25, 0.3) is 0 Å². The van der Waals surface area contributed by atoms with Crippen LogP contribution in [0.1, 0.15) is 28.4 Å². The topological polar surface area (TPSA) is 20.2 Å². The van der Waals surface area contributed by atoms with Crippen LogP contribution >= 0.6 is 33.9 Å². The number of hydrogen-bond acceptors (Lipinski definition) is 2. The molecule has 1 nitrogen and oxygen atoms in total. The van der Waals surface area contributed by atoms with Crippen molar-refractivity contribution in [3.05, 3.63) is 54.8 Å². The molecule has 0 saturated carbocycles. The van der Waals surface area contributed by atoms with Gasteiger partial charge in [0, 0.05) is 6.42 Å². The number of halogens is 1. The van der Waals surface area contributed by atoms with E-state index in [4.69, 9.17) is 0 Å². The average molecular weight is 358 g/mol. The maximum Gasteiger partial charge on any atom is 0.0838 e. The molecule has 1 aromatic carbocycles. The molecule has 17 heavy (non-hydrogen) atoms. The lowest BCUT2D eigenvalue weighted by Crippen LogP contribution is -2.02. The summed E-state index contributed by atoms with van der Waals surface area (Å²) in [6.07, 6.45) is 0.301. The quantitative estimate of drug-likeness (QED) is 0.814. The number of rotatable bonds is 3. The Morgan fingerprint density at radius 3 is 2.71 bits per heavy atom. The van der Waals surface area contributed by atoms with E-state index in [0.717, 1.165) is 5.56 Å². The van der Waals surface area contributed by atoms with Crippen molar-refractivity contribution in [2.45, 2.75) is 26.4 Å². The van der Waals surface area contributed by atoms with Gasteiger partial charge < -0.3 is 5.11 Å². The molecule has 0 saturated heterocycles. The zero-order valence-corrected chi connectivity index (χ0v) is 12.9. The largest absolute Gasteiger partial charge is 0.388 e. The lowest BCUT2D eigenvalue weighted by molar-refractivity contribution is 0.178. The van der Waals surface area contributed by atoms with Crippen molar-refractivity contribution in [1.29, 1.82) is 0 Å². The highest BCUT2D eigenvalue weighted by Gasteiger charge is 2.11. The van der Waals surface area contributed by atoms with Gasteiger partial charge in [-0.1, -0.05) is 23.8 Å². The van der Waals surface area contributed by atoms with Crippen molar-refractivity contribution in [3.8, 4) is 0 Å². The van der Waals surface area contributed by atoms with E-state index in [1.165, 1.54) is 19.6 Å². The van der Waals surface area contributed by atoms with E-state index < -0.39 is 6.10 Å². The molecule has 0 fully saturated rings. The third-order valence-corrected chi connectivity index (χ3v) is 4.70. The molecule has 2 aromatic rings. The van der Waals surface area contributed by atoms with Gasteiger partial charge in [0.05, 0.1) is 8.99 Å². The summed E-state index contributed by atoms with van der Waals surface area (Å²) in [6, 6.07) is 8.45. The summed E-state index contributed by atoms with van der Waals surface area (Å²) in [7, 11) is 0. The van der Waals surface area contributed by atoms with Crippen molar-refractivity contribution in [2.75, 3.05) is 0 Å². The van der Waals surface area contributed by atoms with E-state index >= 15 is 0 Å². The van der Waals surface area contributed by atoms with Gasteiger partial charge in [-0.25, -0.2) is 0 Å². The molecule has 0 aliphatic rings. The summed E-state index contributed by atoms with van der Waals surface area (Å²) in [4.78, 5) is 0. The zero-order chi connectivity index (χ0) is 12.4. The van der Waals surface area contributed by atoms with E-state index in [-0.39, 0.29) is 0 Å². The molecule has 0 radical (unpaired) electrons. The normalized spacial score (nSPS) is 12.7. The second-order valence-corrected chi connectivity index (χ2v) is 7.14. The first kappa shape index (κ1) is 13.1. The molecule has 1 aromatic heterocycles. The first-order valence-electron chi connectivity index (χ1n) is 5.54. The number of thiophene rings is 1. The Hall–Kier alpha value is -0.390. The summed E-state index contributed by atoms with van der Waals surface area (Å²) in [5, 5.41) is 12.2. The second kappa shape index (κ2) is 5.50. The molecular weight excluding hydrogens is 343 g/mol. The fourth-order valence-electron chi connectivity index (χ4n) is 1.84. The Kier molecular flexibility index (Phi) is 4.22. The van der Waals surface area contributed by atoms with Gasteiger partial charge in [-0.3, -0.25) is 0 Å². The monoisotopic (exact) mass is 358 g/mol. The molecule has 0 aliphatic carbocycles. The molecule has 3 heteroatoms. The van der Waals surface area contributed by atoms with Gasteiger partial charge in [0.15, 0.2) is 0 Å². The lowest BCUT2D eigenvalue weighted by atomic mass is 9.98. The molecule has 0 aliphatic heterocycles. The predicted molar refractivity (Wildman–Crippen MR) is 81.6 cm³/mol. The smallest absolute Gasteiger partial charge is 0.0838 e. The van der Waals surface area contributed by atoms with Crippen LogP contribution in [0.2, 0.25) is 0 Å². The van der Waals surface area contributed by atoms with Crippen LogP contribution in [0, 0.1) is 16.7 Å². The van der Waals surface area contributed by atoms with Crippen LogP contribution in [0.4, 0.5) is 0 Å². The summed E-state index contributed by atoms with van der Waals surface area (Å²) >= 11 is 3.96. The van der Waals surface area contributed by atoms with Gasteiger partial charge in [-0.2, -0.15) is 0 Å². The van der Waals surface area contributed by atoms with Crippen molar-refractivity contribution in [2.24, 2.45) is 0 Å².